The molecule has 2 rings (SSSR count). The minimum Gasteiger partial charge on any atom is -0.384 e. The first-order valence-corrected chi connectivity index (χ1v) is 5.62. The molecule has 0 bridgehead atoms. The quantitative estimate of drug-likeness (QED) is 0.837. The molecule has 0 unspecified atom stereocenters. The third kappa shape index (κ3) is 1.56. The normalized spacial score (nSPS) is 10.4. The number of para-hydroxylation sites is 1. The van der Waals surface area contributed by atoms with Gasteiger partial charge in [-0.1, -0.05) is 12.1 Å². The average Bonchev–Trinajstić information content (AvgIpc) is 2.53. The van der Waals surface area contributed by atoms with Crippen molar-refractivity contribution in [1.82, 2.24) is 4.57 Å². The summed E-state index contributed by atoms with van der Waals surface area (Å²) in [5.41, 5.74) is 9.15. The summed E-state index contributed by atoms with van der Waals surface area (Å²) in [6.45, 7) is 5.47. The van der Waals surface area contributed by atoms with Gasteiger partial charge in [-0.2, -0.15) is 5.26 Å². The van der Waals surface area contributed by atoms with Crippen LogP contribution in [0.5, 0.6) is 0 Å². The van der Waals surface area contributed by atoms with Gasteiger partial charge < -0.3 is 5.73 Å². The molecule has 0 aliphatic rings. The maximum Gasteiger partial charge on any atom is 0.147 e. The minimum atomic E-state index is -0.343. The second-order valence-electron chi connectivity index (χ2n) is 4.32. The molecule has 0 saturated carbocycles. The van der Waals surface area contributed by atoms with Crippen LogP contribution in [0.25, 0.3) is 5.69 Å². The number of hydrogen-bond acceptors (Lipinski definition) is 2. The van der Waals surface area contributed by atoms with Gasteiger partial charge in [0.25, 0.3) is 0 Å². The molecule has 0 radical (unpaired) electrons. The summed E-state index contributed by atoms with van der Waals surface area (Å²) in [7, 11) is 0. The number of halogens is 1. The molecule has 0 aliphatic heterocycles. The summed E-state index contributed by atoms with van der Waals surface area (Å²) in [5, 5.41) is 9.09. The van der Waals surface area contributed by atoms with Crippen molar-refractivity contribution in [2.45, 2.75) is 20.8 Å². The van der Waals surface area contributed by atoms with Gasteiger partial charge >= 0.3 is 0 Å². The lowest BCUT2D eigenvalue weighted by molar-refractivity contribution is 0.616. The van der Waals surface area contributed by atoms with Gasteiger partial charge in [-0.25, -0.2) is 4.39 Å². The zero-order valence-electron chi connectivity index (χ0n) is 10.6. The van der Waals surface area contributed by atoms with Crippen molar-refractivity contribution in [2.24, 2.45) is 0 Å². The Labute approximate surface area is 105 Å². The number of anilines is 1. The Bertz CT molecular complexity index is 642. The van der Waals surface area contributed by atoms with Crippen molar-refractivity contribution < 1.29 is 4.39 Å². The van der Waals surface area contributed by atoms with Gasteiger partial charge in [0.05, 0.1) is 11.3 Å². The second kappa shape index (κ2) is 4.19. The molecule has 4 heteroatoms. The predicted octanol–water partition coefficient (Wildman–Crippen LogP) is 3.00. The van der Waals surface area contributed by atoms with Crippen LogP contribution in [0.2, 0.25) is 0 Å². The number of rotatable bonds is 1. The van der Waals surface area contributed by atoms with Crippen molar-refractivity contribution in [3.05, 3.63) is 46.4 Å². The third-order valence-electron chi connectivity index (χ3n) is 3.27. The molecule has 0 amide bonds. The first kappa shape index (κ1) is 12.2. The maximum absolute atomic E-state index is 14.0. The Hall–Kier alpha value is -2.28. The Morgan fingerprint density at radius 3 is 2.44 bits per heavy atom. The highest BCUT2D eigenvalue weighted by Gasteiger charge is 2.19. The van der Waals surface area contributed by atoms with Crippen LogP contribution in [0, 0.1) is 37.9 Å². The maximum atomic E-state index is 14.0. The van der Waals surface area contributed by atoms with Crippen LogP contribution in [-0.2, 0) is 0 Å². The second-order valence-corrected chi connectivity index (χ2v) is 4.32. The van der Waals surface area contributed by atoms with Gasteiger partial charge in [0.2, 0.25) is 0 Å². The van der Waals surface area contributed by atoms with Crippen LogP contribution in [0.1, 0.15) is 22.4 Å². The van der Waals surface area contributed by atoms with Crippen molar-refractivity contribution in [2.75, 3.05) is 5.73 Å². The molecule has 0 atom stereocenters. The first-order chi connectivity index (χ1) is 8.49. The molecule has 0 aliphatic carbocycles. The highest BCUT2D eigenvalue weighted by atomic mass is 19.1. The van der Waals surface area contributed by atoms with Crippen molar-refractivity contribution in [3.8, 4) is 11.8 Å². The topological polar surface area (TPSA) is 54.7 Å². The molecule has 0 spiro atoms. The lowest BCUT2D eigenvalue weighted by atomic mass is 10.2. The summed E-state index contributed by atoms with van der Waals surface area (Å²) < 4.78 is 15.6. The molecule has 2 N–H and O–H groups in total. The number of nitriles is 1. The molecule has 2 aromatic rings. The molecule has 1 heterocycles. The molecular formula is C14H14FN3. The summed E-state index contributed by atoms with van der Waals surface area (Å²) in [5.74, 6) is -0.0509. The van der Waals surface area contributed by atoms with Gasteiger partial charge in [-0.05, 0) is 38.0 Å². The van der Waals surface area contributed by atoms with E-state index in [9.17, 15) is 4.39 Å². The van der Waals surface area contributed by atoms with Crippen LogP contribution >= 0.6 is 0 Å². The summed E-state index contributed by atoms with van der Waals surface area (Å²) >= 11 is 0. The summed E-state index contributed by atoms with van der Waals surface area (Å²) in [4.78, 5) is 0. The molecule has 3 nitrogen and oxygen atoms in total. The number of hydrogen-bond donors (Lipinski definition) is 1. The van der Waals surface area contributed by atoms with Gasteiger partial charge in [-0.15, -0.1) is 0 Å². The van der Waals surface area contributed by atoms with E-state index >= 15 is 0 Å². The van der Waals surface area contributed by atoms with E-state index in [1.165, 1.54) is 6.07 Å². The number of nitrogens with zero attached hydrogens (tertiary/aromatic N) is 2. The lowest BCUT2D eigenvalue weighted by Crippen LogP contribution is -2.06. The van der Waals surface area contributed by atoms with E-state index in [1.807, 2.05) is 26.8 Å². The van der Waals surface area contributed by atoms with Crippen LogP contribution in [0.4, 0.5) is 10.2 Å². The Kier molecular flexibility index (Phi) is 2.84. The summed E-state index contributed by atoms with van der Waals surface area (Å²) in [6, 6.07) is 6.93. The number of aromatic nitrogens is 1. The lowest BCUT2D eigenvalue weighted by Gasteiger charge is -2.13. The van der Waals surface area contributed by atoms with E-state index in [4.69, 9.17) is 11.0 Å². The fourth-order valence-electron chi connectivity index (χ4n) is 2.17. The minimum absolute atomic E-state index is 0.292. The van der Waals surface area contributed by atoms with Crippen molar-refractivity contribution in [1.29, 1.82) is 5.26 Å². The van der Waals surface area contributed by atoms with Gasteiger partial charge in [0.1, 0.15) is 17.7 Å². The van der Waals surface area contributed by atoms with Crippen LogP contribution in [0.15, 0.2) is 18.2 Å². The highest BCUT2D eigenvalue weighted by Crippen LogP contribution is 2.30. The SMILES string of the molecule is Cc1cccc(F)c1-n1c(C)c(C)c(C#N)c1N. The monoisotopic (exact) mass is 243 g/mol. The van der Waals surface area contributed by atoms with Gasteiger partial charge in [0, 0.05) is 5.69 Å². The zero-order chi connectivity index (χ0) is 13.4. The van der Waals surface area contributed by atoms with E-state index < -0.39 is 0 Å². The third-order valence-corrected chi connectivity index (χ3v) is 3.27. The van der Waals surface area contributed by atoms with E-state index in [0.717, 1.165) is 16.8 Å². The van der Waals surface area contributed by atoms with Gasteiger partial charge in [0.15, 0.2) is 0 Å². The first-order valence-electron chi connectivity index (χ1n) is 5.62. The average molecular weight is 243 g/mol. The van der Waals surface area contributed by atoms with Crippen molar-refractivity contribution >= 4 is 5.82 Å². The molecule has 1 aromatic heterocycles. The fourth-order valence-corrected chi connectivity index (χ4v) is 2.17. The van der Waals surface area contributed by atoms with Crippen molar-refractivity contribution in [3.63, 3.8) is 0 Å². The Morgan fingerprint density at radius 1 is 1.28 bits per heavy atom. The molecule has 92 valence electrons. The number of aryl methyl sites for hydroxylation is 1. The molecule has 0 fully saturated rings. The molecule has 18 heavy (non-hydrogen) atoms. The van der Waals surface area contributed by atoms with Crippen LogP contribution in [0.3, 0.4) is 0 Å². The molecule has 1 aromatic carbocycles. The van der Waals surface area contributed by atoms with E-state index in [1.54, 1.807) is 10.6 Å². The largest absolute Gasteiger partial charge is 0.384 e. The number of nitrogen functional groups attached to an aromatic ring is 1. The van der Waals surface area contributed by atoms with E-state index in [2.05, 4.69) is 6.07 Å². The molecule has 0 saturated heterocycles. The molecular weight excluding hydrogens is 229 g/mol. The van der Waals surface area contributed by atoms with Crippen LogP contribution in [-0.4, -0.2) is 4.57 Å². The summed E-state index contributed by atoms with van der Waals surface area (Å²) in [6.07, 6.45) is 0. The Morgan fingerprint density at radius 2 is 1.94 bits per heavy atom. The fraction of sp³-hybridized carbons (Fsp3) is 0.214. The standard InChI is InChI=1S/C14H14FN3/c1-8-5-4-6-12(15)13(8)18-10(3)9(2)11(7-16)14(18)17/h4-6H,17H2,1-3H3. The van der Waals surface area contributed by atoms with Gasteiger partial charge in [-0.3, -0.25) is 4.57 Å². The predicted molar refractivity (Wildman–Crippen MR) is 69.1 cm³/mol. The smallest absolute Gasteiger partial charge is 0.147 e. The van der Waals surface area contributed by atoms with E-state index in [-0.39, 0.29) is 5.82 Å². The number of nitrogens with two attached hydrogens (primary N) is 1. The Balaban J connectivity index is 2.86. The van der Waals surface area contributed by atoms with Crippen LogP contribution < -0.4 is 5.73 Å². The van der Waals surface area contributed by atoms with E-state index in [0.29, 0.717) is 17.1 Å². The zero-order valence-corrected chi connectivity index (χ0v) is 10.6. The number of benzene rings is 1. The highest BCUT2D eigenvalue weighted by molar-refractivity contribution is 5.63.